The Balaban J connectivity index is 1.63. The summed E-state index contributed by atoms with van der Waals surface area (Å²) in [6.45, 7) is 2.90. The molecule has 0 saturated heterocycles. The number of fused-ring (bicyclic) bond motifs is 1. The number of benzene rings is 1. The average molecular weight is 396 g/mol. The van der Waals surface area contributed by atoms with E-state index in [0.717, 1.165) is 51.0 Å². The van der Waals surface area contributed by atoms with Gasteiger partial charge in [-0.2, -0.15) is 0 Å². The Morgan fingerprint density at radius 1 is 1.10 bits per heavy atom. The predicted octanol–water partition coefficient (Wildman–Crippen LogP) is 3.01. The summed E-state index contributed by atoms with van der Waals surface area (Å²) in [5.74, 6) is -0.0465. The summed E-state index contributed by atoms with van der Waals surface area (Å²) in [5.41, 5.74) is 2.28. The number of pyridine rings is 1. The van der Waals surface area contributed by atoms with Crippen LogP contribution in [0.25, 0.3) is 0 Å². The summed E-state index contributed by atoms with van der Waals surface area (Å²) in [4.78, 5) is 27.8. The van der Waals surface area contributed by atoms with Gasteiger partial charge in [-0.3, -0.25) is 9.69 Å². The van der Waals surface area contributed by atoms with Gasteiger partial charge in [0.1, 0.15) is 11.3 Å². The van der Waals surface area contributed by atoms with Gasteiger partial charge in [0.05, 0.1) is 13.2 Å². The maximum absolute atomic E-state index is 12.9. The lowest BCUT2D eigenvalue weighted by Crippen LogP contribution is -2.29. The van der Waals surface area contributed by atoms with Crippen molar-refractivity contribution >= 4 is 5.97 Å². The van der Waals surface area contributed by atoms with Gasteiger partial charge in [-0.1, -0.05) is 30.3 Å². The minimum atomic E-state index is -0.432. The number of aromatic nitrogens is 1. The third kappa shape index (κ3) is 4.37. The summed E-state index contributed by atoms with van der Waals surface area (Å²) in [5, 5.41) is 0. The van der Waals surface area contributed by atoms with Crippen LogP contribution in [-0.2, 0) is 24.2 Å². The van der Waals surface area contributed by atoms with Crippen LogP contribution >= 0.6 is 0 Å². The van der Waals surface area contributed by atoms with E-state index in [-0.39, 0.29) is 11.7 Å². The van der Waals surface area contributed by atoms with E-state index in [0.29, 0.717) is 24.3 Å². The molecule has 2 heterocycles. The first-order valence-electron chi connectivity index (χ1n) is 10.4. The van der Waals surface area contributed by atoms with Gasteiger partial charge in [0.15, 0.2) is 0 Å². The predicted molar refractivity (Wildman–Crippen MR) is 110 cm³/mol. The van der Waals surface area contributed by atoms with Crippen LogP contribution < -0.4 is 10.3 Å². The lowest BCUT2D eigenvalue weighted by Gasteiger charge is -2.20. The normalized spacial score (nSPS) is 17.6. The second-order valence-corrected chi connectivity index (χ2v) is 7.85. The van der Waals surface area contributed by atoms with E-state index in [4.69, 9.17) is 9.47 Å². The lowest BCUT2D eigenvalue weighted by atomic mass is 10.1. The first kappa shape index (κ1) is 19.7. The number of nitrogens with zero attached hydrogens (tertiary/aromatic N) is 2. The minimum Gasteiger partial charge on any atom is -0.489 e. The second-order valence-electron chi connectivity index (χ2n) is 7.85. The zero-order valence-electron chi connectivity index (χ0n) is 16.9. The van der Waals surface area contributed by atoms with Crippen molar-refractivity contribution in [1.82, 2.24) is 9.47 Å². The van der Waals surface area contributed by atoms with Crippen molar-refractivity contribution < 1.29 is 14.3 Å². The molecule has 4 rings (SSSR count). The molecule has 6 heteroatoms. The van der Waals surface area contributed by atoms with Gasteiger partial charge in [0.2, 0.25) is 0 Å². The number of ether oxygens (including phenoxy) is 2. The molecule has 0 radical (unpaired) electrons. The zero-order chi connectivity index (χ0) is 20.2. The highest BCUT2D eigenvalue weighted by molar-refractivity contribution is 5.93. The highest BCUT2D eigenvalue weighted by Crippen LogP contribution is 2.29. The standard InChI is InChI=1S/C23H28N2O4/c1-28-23(27)22-19-11-12-24(16-17-7-3-2-4-8-17)13-14-25(19)21(26)15-20(22)29-18-9-5-6-10-18/h2-4,7-8,15,18H,5-6,9-14,16H2,1H3. The maximum atomic E-state index is 12.9. The molecule has 0 spiro atoms. The van der Waals surface area contributed by atoms with Gasteiger partial charge in [0.25, 0.3) is 5.56 Å². The molecule has 1 aromatic carbocycles. The van der Waals surface area contributed by atoms with Crippen LogP contribution in [0.5, 0.6) is 5.75 Å². The minimum absolute atomic E-state index is 0.0706. The molecule has 1 aliphatic heterocycles. The molecular weight excluding hydrogens is 368 g/mol. The number of rotatable bonds is 5. The molecule has 1 saturated carbocycles. The molecule has 0 N–H and O–H groups in total. The SMILES string of the molecule is COC(=O)c1c(OC2CCCC2)cc(=O)n2c1CCN(Cc1ccccc1)CC2. The summed E-state index contributed by atoms with van der Waals surface area (Å²) in [6.07, 6.45) is 4.84. The van der Waals surface area contributed by atoms with Crippen molar-refractivity contribution in [2.24, 2.45) is 0 Å². The molecule has 1 fully saturated rings. The molecule has 0 atom stereocenters. The highest BCUT2D eigenvalue weighted by Gasteiger charge is 2.28. The van der Waals surface area contributed by atoms with E-state index in [2.05, 4.69) is 17.0 Å². The Bertz CT molecular complexity index is 916. The number of hydrogen-bond acceptors (Lipinski definition) is 5. The van der Waals surface area contributed by atoms with Crippen LogP contribution in [0, 0.1) is 0 Å². The van der Waals surface area contributed by atoms with Crippen molar-refractivity contribution in [3.05, 3.63) is 63.6 Å². The molecule has 1 aliphatic carbocycles. The van der Waals surface area contributed by atoms with Crippen molar-refractivity contribution in [2.75, 3.05) is 20.2 Å². The van der Waals surface area contributed by atoms with Crippen LogP contribution in [0.15, 0.2) is 41.2 Å². The molecule has 0 bridgehead atoms. The van der Waals surface area contributed by atoms with E-state index in [1.54, 1.807) is 4.57 Å². The van der Waals surface area contributed by atoms with Crippen LogP contribution in [0.3, 0.4) is 0 Å². The van der Waals surface area contributed by atoms with Crippen LogP contribution in [0.1, 0.15) is 47.3 Å². The van der Waals surface area contributed by atoms with Gasteiger partial charge in [-0.15, -0.1) is 0 Å². The fourth-order valence-corrected chi connectivity index (χ4v) is 4.39. The van der Waals surface area contributed by atoms with E-state index < -0.39 is 5.97 Å². The third-order valence-electron chi connectivity index (χ3n) is 5.92. The van der Waals surface area contributed by atoms with Crippen molar-refractivity contribution in [1.29, 1.82) is 0 Å². The monoisotopic (exact) mass is 396 g/mol. The molecule has 0 unspecified atom stereocenters. The van der Waals surface area contributed by atoms with Crippen molar-refractivity contribution in [3.63, 3.8) is 0 Å². The Morgan fingerprint density at radius 2 is 1.86 bits per heavy atom. The van der Waals surface area contributed by atoms with Crippen LogP contribution in [-0.4, -0.2) is 41.7 Å². The van der Waals surface area contributed by atoms with Crippen LogP contribution in [0.2, 0.25) is 0 Å². The molecule has 0 amide bonds. The molecule has 1 aromatic heterocycles. The number of methoxy groups -OCH3 is 1. The van der Waals surface area contributed by atoms with E-state index >= 15 is 0 Å². The van der Waals surface area contributed by atoms with E-state index in [1.807, 2.05) is 18.2 Å². The fourth-order valence-electron chi connectivity index (χ4n) is 4.39. The largest absolute Gasteiger partial charge is 0.489 e. The van der Waals surface area contributed by atoms with Gasteiger partial charge >= 0.3 is 5.97 Å². The number of hydrogen-bond donors (Lipinski definition) is 0. The Hall–Kier alpha value is -2.60. The fraction of sp³-hybridized carbons (Fsp3) is 0.478. The summed E-state index contributed by atoms with van der Waals surface area (Å²) in [6, 6.07) is 11.8. The lowest BCUT2D eigenvalue weighted by molar-refractivity contribution is 0.0590. The Morgan fingerprint density at radius 3 is 2.59 bits per heavy atom. The average Bonchev–Trinajstić information content (AvgIpc) is 3.15. The van der Waals surface area contributed by atoms with Crippen molar-refractivity contribution in [3.8, 4) is 5.75 Å². The van der Waals surface area contributed by atoms with Gasteiger partial charge in [0, 0.05) is 44.4 Å². The quantitative estimate of drug-likeness (QED) is 0.727. The number of carbonyl (C=O) groups excluding carboxylic acids is 1. The first-order chi connectivity index (χ1) is 14.2. The molecule has 2 aromatic rings. The van der Waals surface area contributed by atoms with Crippen molar-refractivity contribution in [2.45, 2.75) is 51.3 Å². The summed E-state index contributed by atoms with van der Waals surface area (Å²) < 4.78 is 12.9. The molecular formula is C23H28N2O4. The maximum Gasteiger partial charge on any atom is 0.343 e. The topological polar surface area (TPSA) is 60.8 Å². The summed E-state index contributed by atoms with van der Waals surface area (Å²) in [7, 11) is 1.38. The van der Waals surface area contributed by atoms with Gasteiger partial charge < -0.3 is 14.0 Å². The number of carbonyl (C=O) groups is 1. The van der Waals surface area contributed by atoms with Crippen LogP contribution in [0.4, 0.5) is 0 Å². The Labute approximate surface area is 171 Å². The zero-order valence-corrected chi connectivity index (χ0v) is 16.9. The van der Waals surface area contributed by atoms with Gasteiger partial charge in [-0.25, -0.2) is 4.79 Å². The smallest absolute Gasteiger partial charge is 0.343 e. The molecule has 29 heavy (non-hydrogen) atoms. The first-order valence-corrected chi connectivity index (χ1v) is 10.4. The summed E-state index contributed by atoms with van der Waals surface area (Å²) >= 11 is 0. The number of esters is 1. The highest BCUT2D eigenvalue weighted by atomic mass is 16.5. The van der Waals surface area contributed by atoms with E-state index in [9.17, 15) is 9.59 Å². The Kier molecular flexibility index (Phi) is 6.00. The molecule has 2 aliphatic rings. The molecule has 6 nitrogen and oxygen atoms in total. The van der Waals surface area contributed by atoms with E-state index in [1.165, 1.54) is 18.7 Å². The third-order valence-corrected chi connectivity index (χ3v) is 5.92. The van der Waals surface area contributed by atoms with Gasteiger partial charge in [-0.05, 0) is 31.2 Å². The second kappa shape index (κ2) is 8.82. The molecule has 154 valence electrons.